The molecule has 0 aliphatic heterocycles. The van der Waals surface area contributed by atoms with Crippen LogP contribution in [0.15, 0.2) is 18.2 Å². The van der Waals surface area contributed by atoms with Crippen molar-refractivity contribution in [1.29, 1.82) is 0 Å². The maximum Gasteiger partial charge on any atom is 0.328 e. The molecule has 0 bridgehead atoms. The zero-order valence-electron chi connectivity index (χ0n) is 8.93. The van der Waals surface area contributed by atoms with Crippen LogP contribution in [-0.4, -0.2) is 16.0 Å². The summed E-state index contributed by atoms with van der Waals surface area (Å²) in [5.41, 5.74) is 1.74. The van der Waals surface area contributed by atoms with Gasteiger partial charge in [-0.15, -0.1) is 0 Å². The van der Waals surface area contributed by atoms with E-state index in [0.29, 0.717) is 11.1 Å². The summed E-state index contributed by atoms with van der Waals surface area (Å²) in [6.07, 6.45) is 2.32. The number of aliphatic carboxylic acids is 1. The third-order valence-electron chi connectivity index (χ3n) is 2.17. The summed E-state index contributed by atoms with van der Waals surface area (Å²) in [7, 11) is 0. The van der Waals surface area contributed by atoms with Crippen molar-refractivity contribution in [3.8, 4) is 0 Å². The third kappa shape index (κ3) is 2.66. The fraction of sp³-hybridized carbons (Fsp3) is 0.182. The van der Waals surface area contributed by atoms with Crippen LogP contribution in [0.25, 0.3) is 6.08 Å². The van der Waals surface area contributed by atoms with E-state index < -0.39 is 10.9 Å². The molecule has 0 aliphatic carbocycles. The number of nitro benzene ring substituents is 1. The van der Waals surface area contributed by atoms with E-state index in [2.05, 4.69) is 0 Å². The molecule has 0 aromatic heterocycles. The van der Waals surface area contributed by atoms with Crippen LogP contribution in [0, 0.1) is 24.0 Å². The summed E-state index contributed by atoms with van der Waals surface area (Å²) in [4.78, 5) is 20.6. The second kappa shape index (κ2) is 4.57. The first-order valence-electron chi connectivity index (χ1n) is 4.58. The molecule has 0 heterocycles. The first-order chi connectivity index (χ1) is 7.41. The van der Waals surface area contributed by atoms with E-state index in [1.807, 2.05) is 0 Å². The molecule has 16 heavy (non-hydrogen) atoms. The van der Waals surface area contributed by atoms with Crippen molar-refractivity contribution in [1.82, 2.24) is 0 Å². The molecule has 1 rings (SSSR count). The zero-order chi connectivity index (χ0) is 12.3. The lowest BCUT2D eigenvalue weighted by Gasteiger charge is -2.03. The average Bonchev–Trinajstić information content (AvgIpc) is 2.18. The molecule has 0 saturated carbocycles. The SMILES string of the molecule is Cc1cc(C=CC(=O)O)c(C)c([N+](=O)[O-])c1. The van der Waals surface area contributed by atoms with E-state index in [-0.39, 0.29) is 5.69 Å². The van der Waals surface area contributed by atoms with Crippen molar-refractivity contribution in [3.05, 3.63) is 45.0 Å². The molecule has 0 fully saturated rings. The van der Waals surface area contributed by atoms with Gasteiger partial charge in [-0.05, 0) is 31.1 Å². The minimum atomic E-state index is -1.08. The topological polar surface area (TPSA) is 80.4 Å². The summed E-state index contributed by atoms with van der Waals surface area (Å²) < 4.78 is 0. The number of carboxylic acid groups (broad SMARTS) is 1. The fourth-order valence-corrected chi connectivity index (χ4v) is 1.39. The van der Waals surface area contributed by atoms with Gasteiger partial charge in [0.05, 0.1) is 4.92 Å². The smallest absolute Gasteiger partial charge is 0.328 e. The van der Waals surface area contributed by atoms with Crippen molar-refractivity contribution in [2.75, 3.05) is 0 Å². The Morgan fingerprint density at radius 3 is 2.56 bits per heavy atom. The molecule has 0 atom stereocenters. The van der Waals surface area contributed by atoms with Gasteiger partial charge in [0.2, 0.25) is 0 Å². The Morgan fingerprint density at radius 2 is 2.06 bits per heavy atom. The van der Waals surface area contributed by atoms with Crippen LogP contribution in [0.2, 0.25) is 0 Å². The lowest BCUT2D eigenvalue weighted by Crippen LogP contribution is -1.95. The summed E-state index contributed by atoms with van der Waals surface area (Å²) in [5, 5.41) is 19.2. The largest absolute Gasteiger partial charge is 0.478 e. The molecule has 0 amide bonds. The lowest BCUT2D eigenvalue weighted by molar-refractivity contribution is -0.385. The molecule has 0 radical (unpaired) electrons. The highest BCUT2D eigenvalue weighted by molar-refractivity contribution is 5.86. The maximum atomic E-state index is 10.7. The van der Waals surface area contributed by atoms with Crippen molar-refractivity contribution < 1.29 is 14.8 Å². The number of carbonyl (C=O) groups is 1. The Balaban J connectivity index is 3.29. The number of benzene rings is 1. The molecule has 0 spiro atoms. The molecule has 0 aliphatic rings. The predicted molar refractivity (Wildman–Crippen MR) is 59.2 cm³/mol. The number of hydrogen-bond acceptors (Lipinski definition) is 3. The van der Waals surface area contributed by atoms with Gasteiger partial charge in [-0.2, -0.15) is 0 Å². The van der Waals surface area contributed by atoms with E-state index in [9.17, 15) is 14.9 Å². The maximum absolute atomic E-state index is 10.7. The molecule has 1 aromatic carbocycles. The van der Waals surface area contributed by atoms with Crippen molar-refractivity contribution in [2.45, 2.75) is 13.8 Å². The van der Waals surface area contributed by atoms with E-state index in [1.54, 1.807) is 19.9 Å². The molecule has 1 N–H and O–H groups in total. The Kier molecular flexibility index (Phi) is 3.40. The normalized spacial score (nSPS) is 10.6. The summed E-state index contributed by atoms with van der Waals surface area (Å²) in [6.45, 7) is 3.32. The molecule has 84 valence electrons. The highest BCUT2D eigenvalue weighted by Crippen LogP contribution is 2.24. The molecule has 5 nitrogen and oxygen atoms in total. The van der Waals surface area contributed by atoms with Crippen LogP contribution in [0.5, 0.6) is 0 Å². The Hall–Kier alpha value is -2.17. The number of rotatable bonds is 3. The van der Waals surface area contributed by atoms with Crippen LogP contribution in [0.1, 0.15) is 16.7 Å². The Morgan fingerprint density at radius 1 is 1.44 bits per heavy atom. The second-order valence-electron chi connectivity index (χ2n) is 3.43. The van der Waals surface area contributed by atoms with Crippen molar-refractivity contribution in [3.63, 3.8) is 0 Å². The average molecular weight is 221 g/mol. The Bertz CT molecular complexity index is 477. The summed E-state index contributed by atoms with van der Waals surface area (Å²) >= 11 is 0. The minimum Gasteiger partial charge on any atom is -0.478 e. The number of nitrogens with zero attached hydrogens (tertiary/aromatic N) is 1. The molecular weight excluding hydrogens is 210 g/mol. The van der Waals surface area contributed by atoms with Gasteiger partial charge in [0.1, 0.15) is 0 Å². The summed E-state index contributed by atoms with van der Waals surface area (Å²) in [6, 6.07) is 3.18. The van der Waals surface area contributed by atoms with Crippen LogP contribution in [-0.2, 0) is 4.79 Å². The molecule has 1 aromatic rings. The minimum absolute atomic E-state index is 0.00467. The fourth-order valence-electron chi connectivity index (χ4n) is 1.39. The first-order valence-corrected chi connectivity index (χ1v) is 4.58. The van der Waals surface area contributed by atoms with Gasteiger partial charge in [0, 0.05) is 17.7 Å². The predicted octanol–water partition coefficient (Wildman–Crippen LogP) is 2.31. The van der Waals surface area contributed by atoms with Crippen molar-refractivity contribution in [2.24, 2.45) is 0 Å². The standard InChI is InChI=1S/C11H11NO4/c1-7-5-9(3-4-11(13)14)8(2)10(6-7)12(15)16/h3-6H,1-2H3,(H,13,14). The van der Waals surface area contributed by atoms with Gasteiger partial charge in [0.15, 0.2) is 0 Å². The third-order valence-corrected chi connectivity index (χ3v) is 2.17. The van der Waals surface area contributed by atoms with Gasteiger partial charge in [-0.3, -0.25) is 10.1 Å². The van der Waals surface area contributed by atoms with Crippen LogP contribution in [0.4, 0.5) is 5.69 Å². The Labute approximate surface area is 92.2 Å². The van der Waals surface area contributed by atoms with Crippen molar-refractivity contribution >= 4 is 17.7 Å². The highest BCUT2D eigenvalue weighted by atomic mass is 16.6. The number of hydrogen-bond donors (Lipinski definition) is 1. The van der Waals surface area contributed by atoms with Gasteiger partial charge >= 0.3 is 5.97 Å². The monoisotopic (exact) mass is 221 g/mol. The quantitative estimate of drug-likeness (QED) is 0.482. The van der Waals surface area contributed by atoms with Gasteiger partial charge in [0.25, 0.3) is 5.69 Å². The van der Waals surface area contributed by atoms with Crippen LogP contribution < -0.4 is 0 Å². The van der Waals surface area contributed by atoms with E-state index >= 15 is 0 Å². The zero-order valence-corrected chi connectivity index (χ0v) is 8.93. The van der Waals surface area contributed by atoms with Gasteiger partial charge in [-0.1, -0.05) is 6.07 Å². The molecular formula is C11H11NO4. The van der Waals surface area contributed by atoms with Gasteiger partial charge < -0.3 is 5.11 Å². The molecule has 0 unspecified atom stereocenters. The lowest BCUT2D eigenvalue weighted by atomic mass is 10.0. The molecule has 0 saturated heterocycles. The second-order valence-corrected chi connectivity index (χ2v) is 3.43. The van der Waals surface area contributed by atoms with E-state index in [1.165, 1.54) is 12.1 Å². The number of aryl methyl sites for hydroxylation is 1. The molecule has 5 heteroatoms. The summed E-state index contributed by atoms with van der Waals surface area (Å²) in [5.74, 6) is -1.08. The number of carboxylic acids is 1. The van der Waals surface area contributed by atoms with E-state index in [4.69, 9.17) is 5.11 Å². The van der Waals surface area contributed by atoms with Crippen LogP contribution >= 0.6 is 0 Å². The highest BCUT2D eigenvalue weighted by Gasteiger charge is 2.13. The first kappa shape index (κ1) is 11.9. The van der Waals surface area contributed by atoms with Crippen LogP contribution in [0.3, 0.4) is 0 Å². The van der Waals surface area contributed by atoms with Gasteiger partial charge in [-0.25, -0.2) is 4.79 Å². The van der Waals surface area contributed by atoms with E-state index in [0.717, 1.165) is 11.6 Å². The number of nitro groups is 1.